The number of halogens is 3. The first-order valence-electron chi connectivity index (χ1n) is 12.7. The number of likely N-dealkylation sites (tertiary alicyclic amines) is 1. The molecule has 1 aliphatic heterocycles. The number of piperidine rings is 1. The van der Waals surface area contributed by atoms with Gasteiger partial charge in [-0.1, -0.05) is 31.4 Å². The Labute approximate surface area is 210 Å². The molecule has 10 heteroatoms. The summed E-state index contributed by atoms with van der Waals surface area (Å²) in [7, 11) is 1.61. The molecule has 1 aromatic carbocycles. The number of carbonyl (C=O) groups excluding carboxylic acids is 2. The molecule has 0 unspecified atom stereocenters. The van der Waals surface area contributed by atoms with E-state index >= 15 is 0 Å². The first-order chi connectivity index (χ1) is 17.3. The van der Waals surface area contributed by atoms with Gasteiger partial charge in [0.1, 0.15) is 5.82 Å². The maximum absolute atomic E-state index is 12.9. The number of hydrogen-bond donors (Lipinski definition) is 3. The van der Waals surface area contributed by atoms with Gasteiger partial charge in [-0.15, -0.1) is 0 Å². The van der Waals surface area contributed by atoms with Crippen LogP contribution in [-0.2, 0) is 15.8 Å². The van der Waals surface area contributed by atoms with E-state index in [-0.39, 0.29) is 17.9 Å². The van der Waals surface area contributed by atoms with E-state index in [1.54, 1.807) is 13.2 Å². The Bertz CT molecular complexity index is 969. The van der Waals surface area contributed by atoms with E-state index in [9.17, 15) is 22.8 Å². The molecule has 0 radical (unpaired) electrons. The van der Waals surface area contributed by atoms with Gasteiger partial charge in [-0.2, -0.15) is 13.2 Å². The minimum absolute atomic E-state index is 0.00443. The Morgan fingerprint density at radius 1 is 1.03 bits per heavy atom. The van der Waals surface area contributed by atoms with Crippen molar-refractivity contribution in [2.45, 2.75) is 70.0 Å². The third-order valence-corrected chi connectivity index (χ3v) is 6.56. The molecule has 0 bridgehead atoms. The van der Waals surface area contributed by atoms with E-state index in [4.69, 9.17) is 0 Å². The normalized spacial score (nSPS) is 15.4. The van der Waals surface area contributed by atoms with Gasteiger partial charge < -0.3 is 20.5 Å². The Morgan fingerprint density at radius 2 is 1.75 bits per heavy atom. The lowest BCUT2D eigenvalue weighted by molar-refractivity contribution is -0.137. The highest BCUT2D eigenvalue weighted by Crippen LogP contribution is 2.31. The van der Waals surface area contributed by atoms with Crippen LogP contribution < -0.4 is 10.6 Å². The van der Waals surface area contributed by atoms with Gasteiger partial charge in [-0.05, 0) is 56.5 Å². The summed E-state index contributed by atoms with van der Waals surface area (Å²) < 4.78 is 38.7. The second-order valence-electron chi connectivity index (χ2n) is 9.30. The summed E-state index contributed by atoms with van der Waals surface area (Å²) >= 11 is 0. The Balaban J connectivity index is 1.63. The number of carbonyl (C=O) groups is 2. The second-order valence-corrected chi connectivity index (χ2v) is 9.30. The molecule has 1 aliphatic rings. The number of unbranched alkanes of at least 4 members (excludes halogenated alkanes) is 2. The monoisotopic (exact) mass is 507 g/mol. The number of imidazole rings is 1. The maximum atomic E-state index is 12.9. The fraction of sp³-hybridized carbons (Fsp3) is 0.577. The third-order valence-electron chi connectivity index (χ3n) is 6.56. The van der Waals surface area contributed by atoms with Crippen molar-refractivity contribution in [3.63, 3.8) is 0 Å². The lowest BCUT2D eigenvalue weighted by atomic mass is 10.1. The highest BCUT2D eigenvalue weighted by atomic mass is 19.4. The Morgan fingerprint density at radius 3 is 2.42 bits per heavy atom. The van der Waals surface area contributed by atoms with Crippen LogP contribution in [0.4, 0.5) is 13.2 Å². The van der Waals surface area contributed by atoms with Gasteiger partial charge in [-0.3, -0.25) is 9.59 Å². The highest BCUT2D eigenvalue weighted by molar-refractivity contribution is 5.76. The number of H-pyrrole nitrogens is 1. The zero-order valence-electron chi connectivity index (χ0n) is 20.8. The quantitative estimate of drug-likeness (QED) is 0.359. The van der Waals surface area contributed by atoms with Crippen LogP contribution in [0.5, 0.6) is 0 Å². The summed E-state index contributed by atoms with van der Waals surface area (Å²) in [5, 5.41) is 5.70. The Kier molecular flexibility index (Phi) is 10.3. The number of alkyl halides is 3. The zero-order valence-corrected chi connectivity index (χ0v) is 20.8. The van der Waals surface area contributed by atoms with Crippen LogP contribution >= 0.6 is 0 Å². The number of rotatable bonds is 12. The molecule has 1 saturated heterocycles. The van der Waals surface area contributed by atoms with E-state index < -0.39 is 11.7 Å². The van der Waals surface area contributed by atoms with Crippen LogP contribution in [-0.4, -0.2) is 53.4 Å². The van der Waals surface area contributed by atoms with E-state index in [1.165, 1.54) is 31.4 Å². The first kappa shape index (κ1) is 27.7. The fourth-order valence-corrected chi connectivity index (χ4v) is 4.42. The summed E-state index contributed by atoms with van der Waals surface area (Å²) in [6.07, 6.45) is 4.65. The summed E-state index contributed by atoms with van der Waals surface area (Å²) in [5.41, 5.74) is 0.468. The van der Waals surface area contributed by atoms with Crippen molar-refractivity contribution in [1.29, 1.82) is 0 Å². The second kappa shape index (κ2) is 13.4. The van der Waals surface area contributed by atoms with Crippen molar-refractivity contribution >= 4 is 11.8 Å². The zero-order chi connectivity index (χ0) is 26.0. The van der Waals surface area contributed by atoms with Gasteiger partial charge in [0, 0.05) is 26.4 Å². The number of hydrogen-bond acceptors (Lipinski definition) is 4. The topological polar surface area (TPSA) is 90.1 Å². The SMILES string of the molecule is CNC(=O)CCCCC[C@H](NC(=O)CCN1CCCCC1)c1ncc(-c2ccc(C(F)(F)F)cc2)[nH]1. The van der Waals surface area contributed by atoms with Crippen LogP contribution in [0.25, 0.3) is 11.3 Å². The minimum atomic E-state index is -4.39. The van der Waals surface area contributed by atoms with E-state index in [0.717, 1.165) is 51.0 Å². The summed E-state index contributed by atoms with van der Waals surface area (Å²) in [6.45, 7) is 2.77. The molecule has 2 amide bonds. The number of nitrogens with one attached hydrogen (secondary N) is 3. The van der Waals surface area contributed by atoms with Gasteiger partial charge in [0.05, 0.1) is 23.5 Å². The number of benzene rings is 1. The molecule has 0 aliphatic carbocycles. The molecule has 7 nitrogen and oxygen atoms in total. The van der Waals surface area contributed by atoms with Gasteiger partial charge in [0.2, 0.25) is 11.8 Å². The largest absolute Gasteiger partial charge is 0.416 e. The van der Waals surface area contributed by atoms with Crippen molar-refractivity contribution in [3.05, 3.63) is 41.9 Å². The maximum Gasteiger partial charge on any atom is 0.416 e. The lowest BCUT2D eigenvalue weighted by Gasteiger charge is -2.26. The number of aromatic nitrogens is 2. The highest BCUT2D eigenvalue weighted by Gasteiger charge is 2.30. The van der Waals surface area contributed by atoms with Crippen LogP contribution in [0, 0.1) is 0 Å². The van der Waals surface area contributed by atoms with Crippen LogP contribution in [0.1, 0.15) is 75.2 Å². The minimum Gasteiger partial charge on any atom is -0.359 e. The molecule has 1 atom stereocenters. The first-order valence-corrected chi connectivity index (χ1v) is 12.7. The summed E-state index contributed by atoms with van der Waals surface area (Å²) in [5.74, 6) is 0.524. The van der Waals surface area contributed by atoms with Crippen molar-refractivity contribution in [1.82, 2.24) is 25.5 Å². The van der Waals surface area contributed by atoms with Gasteiger partial charge >= 0.3 is 6.18 Å². The van der Waals surface area contributed by atoms with E-state index in [1.807, 2.05) is 0 Å². The Hall–Kier alpha value is -2.88. The number of amides is 2. The molecule has 3 rings (SSSR count). The van der Waals surface area contributed by atoms with Crippen LogP contribution in [0.15, 0.2) is 30.5 Å². The molecule has 2 aromatic rings. The van der Waals surface area contributed by atoms with Gasteiger partial charge in [0.25, 0.3) is 0 Å². The van der Waals surface area contributed by atoms with E-state index in [0.29, 0.717) is 36.3 Å². The standard InChI is InChI=1S/C26H36F3N5O2/c1-30-23(35)9-5-2-4-8-21(32-24(36)14-17-34-15-6-3-7-16-34)25-31-18-22(33-25)19-10-12-20(13-11-19)26(27,28)29/h10-13,18,21H,2-9,14-17H2,1H3,(H,30,35)(H,31,33)(H,32,36)/t21-/m0/s1. The van der Waals surface area contributed by atoms with Gasteiger partial charge in [0.15, 0.2) is 0 Å². The predicted octanol–water partition coefficient (Wildman–Crippen LogP) is 4.83. The number of aromatic amines is 1. The van der Waals surface area contributed by atoms with Crippen molar-refractivity contribution in [2.75, 3.05) is 26.7 Å². The summed E-state index contributed by atoms with van der Waals surface area (Å²) in [4.78, 5) is 34.1. The molecular weight excluding hydrogens is 471 g/mol. The average Bonchev–Trinajstić information content (AvgIpc) is 3.37. The molecule has 198 valence electrons. The molecule has 0 spiro atoms. The van der Waals surface area contributed by atoms with Crippen LogP contribution in [0.2, 0.25) is 0 Å². The smallest absolute Gasteiger partial charge is 0.359 e. The molecule has 1 fully saturated rings. The van der Waals surface area contributed by atoms with Gasteiger partial charge in [-0.25, -0.2) is 4.98 Å². The number of nitrogens with zero attached hydrogens (tertiary/aromatic N) is 2. The molecule has 0 saturated carbocycles. The van der Waals surface area contributed by atoms with Crippen molar-refractivity contribution < 1.29 is 22.8 Å². The van der Waals surface area contributed by atoms with E-state index in [2.05, 4.69) is 25.5 Å². The van der Waals surface area contributed by atoms with Crippen molar-refractivity contribution in [3.8, 4) is 11.3 Å². The van der Waals surface area contributed by atoms with Crippen molar-refractivity contribution in [2.24, 2.45) is 0 Å². The molecular formula is C26H36F3N5O2. The average molecular weight is 508 g/mol. The lowest BCUT2D eigenvalue weighted by Crippen LogP contribution is -2.35. The predicted molar refractivity (Wildman–Crippen MR) is 132 cm³/mol. The molecule has 1 aromatic heterocycles. The molecule has 2 heterocycles. The third kappa shape index (κ3) is 8.65. The fourth-order valence-electron chi connectivity index (χ4n) is 4.42. The molecule has 3 N–H and O–H groups in total. The molecule has 36 heavy (non-hydrogen) atoms. The van der Waals surface area contributed by atoms with Crippen LogP contribution in [0.3, 0.4) is 0 Å². The summed E-state index contributed by atoms with van der Waals surface area (Å²) in [6, 6.07) is 4.56.